The van der Waals surface area contributed by atoms with Crippen molar-refractivity contribution < 1.29 is 18.8 Å². The number of fused-ring (bicyclic) bond motifs is 1. The van der Waals surface area contributed by atoms with Gasteiger partial charge in [-0.2, -0.15) is 0 Å². The van der Waals surface area contributed by atoms with Crippen molar-refractivity contribution in [2.24, 2.45) is 5.92 Å². The van der Waals surface area contributed by atoms with Crippen molar-refractivity contribution in [3.05, 3.63) is 30.0 Å². The van der Waals surface area contributed by atoms with E-state index in [4.69, 9.17) is 9.26 Å². The summed E-state index contributed by atoms with van der Waals surface area (Å²) in [6.07, 6.45) is 3.61. The van der Waals surface area contributed by atoms with E-state index in [1.807, 2.05) is 18.2 Å². The van der Waals surface area contributed by atoms with Crippen LogP contribution in [0.2, 0.25) is 0 Å². The van der Waals surface area contributed by atoms with Crippen LogP contribution >= 0.6 is 0 Å². The molecule has 1 heterocycles. The van der Waals surface area contributed by atoms with Crippen LogP contribution in [0.3, 0.4) is 0 Å². The molecule has 0 saturated heterocycles. The van der Waals surface area contributed by atoms with Crippen molar-refractivity contribution in [1.82, 2.24) is 10.5 Å². The van der Waals surface area contributed by atoms with Crippen molar-refractivity contribution in [3.63, 3.8) is 0 Å². The number of carbonyl (C=O) groups is 2. The van der Waals surface area contributed by atoms with Gasteiger partial charge in [0, 0.05) is 11.4 Å². The first kappa shape index (κ1) is 17.5. The Balaban J connectivity index is 1.54. The lowest BCUT2D eigenvalue weighted by molar-refractivity contribution is -0.154. The van der Waals surface area contributed by atoms with Crippen molar-refractivity contribution >= 4 is 22.8 Å². The molecule has 3 rings (SSSR count). The Morgan fingerprint density at radius 3 is 2.88 bits per heavy atom. The predicted octanol–water partition coefficient (Wildman–Crippen LogP) is 3.00. The minimum atomic E-state index is -0.820. The van der Waals surface area contributed by atoms with Crippen molar-refractivity contribution in [2.75, 3.05) is 0 Å². The van der Waals surface area contributed by atoms with Gasteiger partial charge in [0.25, 0.3) is 5.91 Å². The van der Waals surface area contributed by atoms with Crippen LogP contribution < -0.4 is 5.32 Å². The maximum absolute atomic E-state index is 12.3. The second kappa shape index (κ2) is 7.68. The second-order valence-electron chi connectivity index (χ2n) is 6.81. The number of ether oxygens (including phenoxy) is 1. The number of aromatic nitrogens is 1. The highest BCUT2D eigenvalue weighted by Crippen LogP contribution is 2.24. The van der Waals surface area contributed by atoms with Gasteiger partial charge in [-0.25, -0.2) is 0 Å². The summed E-state index contributed by atoms with van der Waals surface area (Å²) in [4.78, 5) is 24.4. The number of rotatable bonds is 5. The smallest absolute Gasteiger partial charge is 0.312 e. The fourth-order valence-corrected chi connectivity index (χ4v) is 3.33. The Kier molecular flexibility index (Phi) is 5.36. The average Bonchev–Trinajstić information content (AvgIpc) is 3.00. The zero-order valence-electron chi connectivity index (χ0n) is 14.7. The third kappa shape index (κ3) is 4.18. The SMILES string of the molecule is C[C@@H](OC(=O)Cc1noc2ccccc12)C(=O)N[C@@H]1CCCC[C@@H]1C. The zero-order chi connectivity index (χ0) is 17.8. The molecule has 1 fully saturated rings. The van der Waals surface area contributed by atoms with E-state index < -0.39 is 12.1 Å². The first-order valence-corrected chi connectivity index (χ1v) is 8.87. The molecule has 1 aromatic carbocycles. The molecule has 134 valence electrons. The summed E-state index contributed by atoms with van der Waals surface area (Å²) < 4.78 is 10.5. The molecule has 1 aliphatic carbocycles. The van der Waals surface area contributed by atoms with E-state index in [1.54, 1.807) is 13.0 Å². The van der Waals surface area contributed by atoms with Gasteiger partial charge in [0.05, 0.1) is 6.42 Å². The van der Waals surface area contributed by atoms with E-state index in [0.717, 1.165) is 24.6 Å². The van der Waals surface area contributed by atoms with Gasteiger partial charge >= 0.3 is 5.97 Å². The van der Waals surface area contributed by atoms with Gasteiger partial charge in [0.15, 0.2) is 11.7 Å². The van der Waals surface area contributed by atoms with Gasteiger partial charge in [-0.3, -0.25) is 9.59 Å². The summed E-state index contributed by atoms with van der Waals surface area (Å²) in [5.74, 6) is -0.266. The molecule has 1 saturated carbocycles. The number of esters is 1. The molecule has 0 unspecified atom stereocenters. The average molecular weight is 344 g/mol. The van der Waals surface area contributed by atoms with Gasteiger partial charge in [-0.05, 0) is 37.8 Å². The van der Waals surface area contributed by atoms with Crippen molar-refractivity contribution in [3.8, 4) is 0 Å². The first-order chi connectivity index (χ1) is 12.0. The minimum Gasteiger partial charge on any atom is -0.452 e. The summed E-state index contributed by atoms with van der Waals surface area (Å²) in [6, 6.07) is 7.50. The standard InChI is InChI=1S/C19H24N2O4/c1-12-7-3-5-9-15(12)20-19(23)13(2)24-18(22)11-16-14-8-4-6-10-17(14)25-21-16/h4,6,8,10,12-13,15H,3,5,7,9,11H2,1-2H3,(H,20,23)/t12-,13+,15+/m0/s1. The third-order valence-electron chi connectivity index (χ3n) is 4.88. The fourth-order valence-electron chi connectivity index (χ4n) is 3.33. The summed E-state index contributed by atoms with van der Waals surface area (Å²) in [5, 5.41) is 7.71. The maximum atomic E-state index is 12.3. The van der Waals surface area contributed by atoms with E-state index >= 15 is 0 Å². The van der Waals surface area contributed by atoms with Crippen LogP contribution in [-0.4, -0.2) is 29.2 Å². The number of amides is 1. The number of nitrogens with zero attached hydrogens (tertiary/aromatic N) is 1. The van der Waals surface area contributed by atoms with Crippen LogP contribution in [0.4, 0.5) is 0 Å². The lowest BCUT2D eigenvalue weighted by Crippen LogP contribution is -2.46. The number of carbonyl (C=O) groups excluding carboxylic acids is 2. The number of nitrogens with one attached hydrogen (secondary N) is 1. The Morgan fingerprint density at radius 1 is 1.32 bits per heavy atom. The van der Waals surface area contributed by atoms with Crippen LogP contribution in [-0.2, 0) is 20.7 Å². The molecule has 6 heteroatoms. The molecule has 1 amide bonds. The van der Waals surface area contributed by atoms with E-state index in [2.05, 4.69) is 17.4 Å². The second-order valence-corrected chi connectivity index (χ2v) is 6.81. The Hall–Kier alpha value is -2.37. The Morgan fingerprint density at radius 2 is 2.08 bits per heavy atom. The van der Waals surface area contributed by atoms with Gasteiger partial charge in [0.2, 0.25) is 0 Å². The summed E-state index contributed by atoms with van der Waals surface area (Å²) in [6.45, 7) is 3.75. The molecular weight excluding hydrogens is 320 g/mol. The third-order valence-corrected chi connectivity index (χ3v) is 4.88. The molecular formula is C19H24N2O4. The van der Waals surface area contributed by atoms with Crippen LogP contribution in [0.25, 0.3) is 11.0 Å². The molecule has 1 aliphatic rings. The van der Waals surface area contributed by atoms with Gasteiger partial charge in [-0.15, -0.1) is 0 Å². The Bertz CT molecular complexity index is 755. The lowest BCUT2D eigenvalue weighted by Gasteiger charge is -2.30. The lowest BCUT2D eigenvalue weighted by atomic mass is 9.86. The fraction of sp³-hybridized carbons (Fsp3) is 0.526. The van der Waals surface area contributed by atoms with Crippen LogP contribution in [0, 0.1) is 5.92 Å². The largest absolute Gasteiger partial charge is 0.452 e. The summed E-state index contributed by atoms with van der Waals surface area (Å²) in [7, 11) is 0. The Labute approximate surface area is 146 Å². The molecule has 1 N–H and O–H groups in total. The maximum Gasteiger partial charge on any atom is 0.312 e. The molecule has 6 nitrogen and oxygen atoms in total. The highest BCUT2D eigenvalue weighted by molar-refractivity contribution is 5.86. The van der Waals surface area contributed by atoms with Crippen LogP contribution in [0.5, 0.6) is 0 Å². The van der Waals surface area contributed by atoms with Crippen LogP contribution in [0.15, 0.2) is 28.8 Å². The highest BCUT2D eigenvalue weighted by atomic mass is 16.5. The van der Waals surface area contributed by atoms with Crippen molar-refractivity contribution in [1.29, 1.82) is 0 Å². The molecule has 0 radical (unpaired) electrons. The molecule has 25 heavy (non-hydrogen) atoms. The summed E-state index contributed by atoms with van der Waals surface area (Å²) >= 11 is 0. The topological polar surface area (TPSA) is 81.4 Å². The number of para-hydroxylation sites is 1. The normalized spacial score (nSPS) is 21.7. The minimum absolute atomic E-state index is 0.0194. The molecule has 1 aromatic heterocycles. The summed E-state index contributed by atoms with van der Waals surface area (Å²) in [5.41, 5.74) is 1.15. The van der Waals surface area contributed by atoms with E-state index in [-0.39, 0.29) is 18.4 Å². The predicted molar refractivity (Wildman–Crippen MR) is 92.8 cm³/mol. The quantitative estimate of drug-likeness (QED) is 0.843. The molecule has 0 aliphatic heterocycles. The van der Waals surface area contributed by atoms with Gasteiger partial charge < -0.3 is 14.6 Å². The first-order valence-electron chi connectivity index (χ1n) is 8.87. The van der Waals surface area contributed by atoms with Crippen molar-refractivity contribution in [2.45, 2.75) is 58.1 Å². The molecule has 3 atom stereocenters. The number of hydrogen-bond acceptors (Lipinski definition) is 5. The number of hydrogen-bond donors (Lipinski definition) is 1. The van der Waals surface area contributed by atoms with Gasteiger partial charge in [0.1, 0.15) is 5.69 Å². The molecule has 2 aromatic rings. The monoisotopic (exact) mass is 344 g/mol. The molecule has 0 spiro atoms. The number of benzene rings is 1. The van der Waals surface area contributed by atoms with E-state index in [9.17, 15) is 9.59 Å². The van der Waals surface area contributed by atoms with E-state index in [1.165, 1.54) is 6.42 Å². The molecule has 0 bridgehead atoms. The van der Waals surface area contributed by atoms with Crippen LogP contribution in [0.1, 0.15) is 45.2 Å². The van der Waals surface area contributed by atoms with Gasteiger partial charge in [-0.1, -0.05) is 37.1 Å². The highest BCUT2D eigenvalue weighted by Gasteiger charge is 2.26. The zero-order valence-corrected chi connectivity index (χ0v) is 14.7. The van der Waals surface area contributed by atoms with E-state index in [0.29, 0.717) is 17.2 Å².